The van der Waals surface area contributed by atoms with Crippen molar-refractivity contribution in [3.8, 4) is 11.5 Å². The quantitative estimate of drug-likeness (QED) is 0.185. The largest absolute Gasteiger partial charge is 0.490 e. The lowest BCUT2D eigenvalue weighted by Gasteiger charge is -2.11. The average molecular weight is 481 g/mol. The van der Waals surface area contributed by atoms with E-state index in [9.17, 15) is 18.9 Å². The Kier molecular flexibility index (Phi) is 7.58. The van der Waals surface area contributed by atoms with Crippen LogP contribution >= 0.6 is 11.8 Å². The average Bonchev–Trinajstić information content (AvgIpc) is 3.24. The summed E-state index contributed by atoms with van der Waals surface area (Å²) in [6.45, 7) is 3.96. The third-order valence-corrected chi connectivity index (χ3v) is 5.30. The van der Waals surface area contributed by atoms with E-state index in [0.717, 1.165) is 0 Å². The van der Waals surface area contributed by atoms with Crippen LogP contribution in [0.5, 0.6) is 11.5 Å². The zero-order chi connectivity index (χ0) is 24.1. The van der Waals surface area contributed by atoms with Crippen LogP contribution in [0.3, 0.4) is 0 Å². The first kappa shape index (κ1) is 24.1. The Morgan fingerprint density at radius 3 is 2.67 bits per heavy atom. The molecule has 0 spiro atoms. The first-order valence-corrected chi connectivity index (χ1v) is 10.7. The summed E-state index contributed by atoms with van der Waals surface area (Å²) in [6.07, 6.45) is 1.50. The van der Waals surface area contributed by atoms with Gasteiger partial charge >= 0.3 is 12.3 Å². The first-order chi connectivity index (χ1) is 15.7. The molecule has 11 nitrogen and oxygen atoms in total. The Balaban J connectivity index is 1.80. The molecular weight excluding hydrogens is 460 g/mol. The van der Waals surface area contributed by atoms with E-state index in [1.165, 1.54) is 39.5 Å². The highest BCUT2D eigenvalue weighted by Crippen LogP contribution is 2.30. The third-order valence-electron chi connectivity index (χ3n) is 4.42. The highest BCUT2D eigenvalue weighted by Gasteiger charge is 2.22. The maximum Gasteiger partial charge on any atom is 0.387 e. The molecule has 33 heavy (non-hydrogen) atoms. The molecule has 0 saturated heterocycles. The fourth-order valence-electron chi connectivity index (χ4n) is 2.95. The van der Waals surface area contributed by atoms with Crippen molar-refractivity contribution in [2.75, 3.05) is 6.61 Å². The molecule has 0 aliphatic rings. The molecule has 0 saturated carbocycles. The molecule has 0 unspecified atom stereocenters. The van der Waals surface area contributed by atoms with Crippen LogP contribution in [-0.2, 0) is 5.88 Å². The van der Waals surface area contributed by atoms with Gasteiger partial charge in [0.05, 0.1) is 23.6 Å². The predicted octanol–water partition coefficient (Wildman–Crippen LogP) is 3.94. The number of thioether (sulfide) groups is 1. The molecule has 2 heterocycles. The molecule has 0 aliphatic heterocycles. The monoisotopic (exact) mass is 481 g/mol. The second-order valence-electron chi connectivity index (χ2n) is 6.65. The number of rotatable bonds is 10. The summed E-state index contributed by atoms with van der Waals surface area (Å²) in [7, 11) is 0. The van der Waals surface area contributed by atoms with Crippen LogP contribution in [0.25, 0.3) is 0 Å². The van der Waals surface area contributed by atoms with Crippen LogP contribution in [0.4, 0.5) is 14.5 Å². The van der Waals surface area contributed by atoms with E-state index in [-0.39, 0.29) is 29.7 Å². The van der Waals surface area contributed by atoms with Gasteiger partial charge in [-0.1, -0.05) is 11.8 Å². The summed E-state index contributed by atoms with van der Waals surface area (Å²) in [5.74, 6) is 0.876. The van der Waals surface area contributed by atoms with Crippen molar-refractivity contribution in [3.05, 3.63) is 51.1 Å². The standard InChI is InChI=1S/C19H21F2N7O4S/c1-5-31-16-8-14(6-7-15(16)32-18(20)21)9-22-27-13(4)23-24-19(27)33-10-26-12(3)17(28(29)30)11(2)25-26/h6-9,18H,5,10H2,1-4H3/b22-9+. The van der Waals surface area contributed by atoms with Crippen LogP contribution in [0.15, 0.2) is 28.5 Å². The van der Waals surface area contributed by atoms with Crippen molar-refractivity contribution in [3.63, 3.8) is 0 Å². The molecule has 0 fully saturated rings. The number of benzene rings is 1. The summed E-state index contributed by atoms with van der Waals surface area (Å²) in [4.78, 5) is 10.7. The molecule has 3 aromatic rings. The van der Waals surface area contributed by atoms with Gasteiger partial charge in [0.25, 0.3) is 0 Å². The SMILES string of the molecule is CCOc1cc(/C=N/n2c(C)nnc2SCn2nc(C)c([N+](=O)[O-])c2C)ccc1OC(F)F. The van der Waals surface area contributed by atoms with E-state index in [4.69, 9.17) is 4.74 Å². The van der Waals surface area contributed by atoms with E-state index in [0.29, 0.717) is 27.9 Å². The van der Waals surface area contributed by atoms with Gasteiger partial charge in [0.2, 0.25) is 5.16 Å². The molecule has 0 amide bonds. The fraction of sp³-hybridized carbons (Fsp3) is 0.368. The smallest absolute Gasteiger partial charge is 0.387 e. The lowest BCUT2D eigenvalue weighted by molar-refractivity contribution is -0.386. The summed E-state index contributed by atoms with van der Waals surface area (Å²) < 4.78 is 38.0. The number of alkyl halides is 2. The van der Waals surface area contributed by atoms with E-state index in [2.05, 4.69) is 25.1 Å². The molecule has 14 heteroatoms. The van der Waals surface area contributed by atoms with E-state index < -0.39 is 11.5 Å². The van der Waals surface area contributed by atoms with Crippen LogP contribution < -0.4 is 9.47 Å². The summed E-state index contributed by atoms with van der Waals surface area (Å²) in [5, 5.41) is 28.3. The minimum atomic E-state index is -2.97. The van der Waals surface area contributed by atoms with Crippen molar-refractivity contribution in [2.45, 2.75) is 45.3 Å². The summed E-state index contributed by atoms with van der Waals surface area (Å²) in [5.41, 5.74) is 1.33. The maximum absolute atomic E-state index is 12.6. The van der Waals surface area contributed by atoms with Crippen LogP contribution in [0.2, 0.25) is 0 Å². The number of nitrogens with zero attached hydrogens (tertiary/aromatic N) is 7. The van der Waals surface area contributed by atoms with E-state index in [1.54, 1.807) is 33.8 Å². The number of aromatic nitrogens is 5. The van der Waals surface area contributed by atoms with Crippen molar-refractivity contribution < 1.29 is 23.2 Å². The normalized spacial score (nSPS) is 11.5. The number of halogens is 2. The molecular formula is C19H21F2N7O4S. The molecule has 2 aromatic heterocycles. The van der Waals surface area contributed by atoms with Gasteiger partial charge in [0.15, 0.2) is 17.3 Å². The summed E-state index contributed by atoms with van der Waals surface area (Å²) in [6, 6.07) is 4.47. The zero-order valence-electron chi connectivity index (χ0n) is 18.2. The van der Waals surface area contributed by atoms with Gasteiger partial charge in [-0.15, -0.1) is 10.2 Å². The van der Waals surface area contributed by atoms with Crippen LogP contribution in [-0.4, -0.2) is 49.0 Å². The molecule has 0 aliphatic carbocycles. The lowest BCUT2D eigenvalue weighted by atomic mass is 10.2. The third kappa shape index (κ3) is 5.63. The minimum absolute atomic E-state index is 0.0179. The van der Waals surface area contributed by atoms with Gasteiger partial charge in [-0.25, -0.2) is 0 Å². The van der Waals surface area contributed by atoms with Crippen molar-refractivity contribution in [2.24, 2.45) is 5.10 Å². The zero-order valence-corrected chi connectivity index (χ0v) is 19.0. The van der Waals surface area contributed by atoms with Gasteiger partial charge in [-0.05, 0) is 51.5 Å². The summed E-state index contributed by atoms with van der Waals surface area (Å²) >= 11 is 1.25. The van der Waals surface area contributed by atoms with Crippen LogP contribution in [0, 0.1) is 30.9 Å². The van der Waals surface area contributed by atoms with Gasteiger partial charge in [0, 0.05) is 0 Å². The molecule has 0 atom stereocenters. The number of hydrogen-bond donors (Lipinski definition) is 0. The van der Waals surface area contributed by atoms with Gasteiger partial charge < -0.3 is 9.47 Å². The topological polar surface area (TPSA) is 122 Å². The Bertz CT molecular complexity index is 1180. The maximum atomic E-state index is 12.6. The minimum Gasteiger partial charge on any atom is -0.490 e. The second-order valence-corrected chi connectivity index (χ2v) is 7.57. The molecule has 0 radical (unpaired) electrons. The Morgan fingerprint density at radius 2 is 2.03 bits per heavy atom. The van der Waals surface area contributed by atoms with Crippen molar-refractivity contribution in [1.29, 1.82) is 0 Å². The van der Waals surface area contributed by atoms with E-state index in [1.807, 2.05) is 0 Å². The molecule has 3 rings (SSSR count). The molecule has 1 aromatic carbocycles. The van der Waals surface area contributed by atoms with Crippen molar-refractivity contribution in [1.82, 2.24) is 24.7 Å². The number of nitro groups is 1. The second kappa shape index (κ2) is 10.4. The highest BCUT2D eigenvalue weighted by atomic mass is 32.2. The Morgan fingerprint density at radius 1 is 1.27 bits per heavy atom. The van der Waals surface area contributed by atoms with Crippen molar-refractivity contribution >= 4 is 23.7 Å². The Hall–Kier alpha value is -3.55. The van der Waals surface area contributed by atoms with Gasteiger partial charge in [-0.2, -0.15) is 23.7 Å². The fourth-order valence-corrected chi connectivity index (χ4v) is 3.84. The lowest BCUT2D eigenvalue weighted by Crippen LogP contribution is -2.05. The predicted molar refractivity (Wildman–Crippen MR) is 116 cm³/mol. The first-order valence-electron chi connectivity index (χ1n) is 9.70. The number of ether oxygens (including phenoxy) is 2. The number of hydrogen-bond acceptors (Lipinski definition) is 9. The highest BCUT2D eigenvalue weighted by molar-refractivity contribution is 7.98. The van der Waals surface area contributed by atoms with Gasteiger partial charge in [0.1, 0.15) is 11.4 Å². The number of aryl methyl sites for hydroxylation is 2. The molecule has 0 bridgehead atoms. The Labute approximate surface area is 191 Å². The molecule has 0 N–H and O–H groups in total. The van der Waals surface area contributed by atoms with Gasteiger partial charge in [-0.3, -0.25) is 14.8 Å². The van der Waals surface area contributed by atoms with Crippen LogP contribution in [0.1, 0.15) is 29.7 Å². The van der Waals surface area contributed by atoms with E-state index >= 15 is 0 Å². The molecule has 176 valence electrons.